The van der Waals surface area contributed by atoms with Gasteiger partial charge in [-0.05, 0) is 43.0 Å². The standard InChI is InChI=1S/C27H23ClN6O/c1-15(35)25-20-13-33(14-21(20)25)24-10-9-16(11-29-24)34-27-18(6-3-7-22(27)28)26(31-34)17-5-4-8-23-19(17)12-32(2)30-23/h3-12,20-21,25H,13-14H2,1-2H3. The van der Waals surface area contributed by atoms with E-state index in [4.69, 9.17) is 21.7 Å². The number of anilines is 1. The predicted octanol–water partition coefficient (Wildman–Crippen LogP) is 4.90. The fourth-order valence-corrected chi connectivity index (χ4v) is 6.14. The number of pyridine rings is 1. The van der Waals surface area contributed by atoms with Crippen LogP contribution >= 0.6 is 11.6 Å². The van der Waals surface area contributed by atoms with Gasteiger partial charge in [-0.25, -0.2) is 9.67 Å². The summed E-state index contributed by atoms with van der Waals surface area (Å²) in [7, 11) is 1.93. The van der Waals surface area contributed by atoms with Gasteiger partial charge in [-0.2, -0.15) is 10.2 Å². The fourth-order valence-electron chi connectivity index (χ4n) is 5.89. The maximum atomic E-state index is 11.7. The number of fused-ring (bicyclic) bond motifs is 3. The van der Waals surface area contributed by atoms with Crippen molar-refractivity contribution in [1.82, 2.24) is 24.5 Å². The van der Waals surface area contributed by atoms with Gasteiger partial charge in [0.05, 0.1) is 27.9 Å². The van der Waals surface area contributed by atoms with Crippen molar-refractivity contribution in [3.05, 3.63) is 65.9 Å². The molecule has 2 atom stereocenters. The van der Waals surface area contributed by atoms with Crippen molar-refractivity contribution < 1.29 is 4.79 Å². The molecule has 7 rings (SSSR count). The minimum atomic E-state index is 0.255. The summed E-state index contributed by atoms with van der Waals surface area (Å²) in [6.07, 6.45) is 3.87. The highest BCUT2D eigenvalue weighted by Crippen LogP contribution is 2.52. The number of benzene rings is 2. The molecule has 174 valence electrons. The molecule has 35 heavy (non-hydrogen) atoms. The Balaban J connectivity index is 1.29. The van der Waals surface area contributed by atoms with Gasteiger partial charge in [0.1, 0.15) is 17.3 Å². The van der Waals surface area contributed by atoms with Crippen LogP contribution in [0.1, 0.15) is 6.92 Å². The van der Waals surface area contributed by atoms with E-state index < -0.39 is 0 Å². The maximum Gasteiger partial charge on any atom is 0.133 e. The summed E-state index contributed by atoms with van der Waals surface area (Å²) in [6, 6.07) is 16.1. The first kappa shape index (κ1) is 20.6. The Bertz CT molecular complexity index is 1620. The number of hydrogen-bond donors (Lipinski definition) is 0. The van der Waals surface area contributed by atoms with Gasteiger partial charge in [0.2, 0.25) is 0 Å². The van der Waals surface area contributed by atoms with Crippen molar-refractivity contribution in [2.45, 2.75) is 6.92 Å². The molecule has 0 radical (unpaired) electrons. The van der Waals surface area contributed by atoms with Gasteiger partial charge in [0.25, 0.3) is 0 Å². The van der Waals surface area contributed by atoms with Crippen molar-refractivity contribution in [2.24, 2.45) is 24.8 Å². The van der Waals surface area contributed by atoms with Crippen LogP contribution in [0.4, 0.5) is 5.82 Å². The quantitative estimate of drug-likeness (QED) is 0.364. The highest BCUT2D eigenvalue weighted by atomic mass is 35.5. The summed E-state index contributed by atoms with van der Waals surface area (Å²) < 4.78 is 3.70. The van der Waals surface area contributed by atoms with Crippen molar-refractivity contribution in [1.29, 1.82) is 0 Å². The second-order valence-electron chi connectivity index (χ2n) is 9.68. The molecule has 8 heteroatoms. The molecule has 0 spiro atoms. The molecule has 1 saturated heterocycles. The number of halogens is 1. The number of ketones is 1. The molecule has 2 aromatic carbocycles. The van der Waals surface area contributed by atoms with E-state index in [1.165, 1.54) is 0 Å². The first-order valence-electron chi connectivity index (χ1n) is 11.8. The van der Waals surface area contributed by atoms with Crippen molar-refractivity contribution in [3.8, 4) is 16.9 Å². The molecule has 2 fully saturated rings. The van der Waals surface area contributed by atoms with E-state index in [-0.39, 0.29) is 5.92 Å². The summed E-state index contributed by atoms with van der Waals surface area (Å²) >= 11 is 6.70. The molecule has 1 aliphatic heterocycles. The molecular weight excluding hydrogens is 460 g/mol. The molecule has 0 N–H and O–H groups in total. The van der Waals surface area contributed by atoms with Gasteiger partial charge in [-0.15, -0.1) is 0 Å². The van der Waals surface area contributed by atoms with Crippen LogP contribution in [0.3, 0.4) is 0 Å². The maximum absolute atomic E-state index is 11.7. The third-order valence-electron chi connectivity index (χ3n) is 7.54. The highest BCUT2D eigenvalue weighted by Gasteiger charge is 2.58. The number of aromatic nitrogens is 5. The van der Waals surface area contributed by atoms with E-state index >= 15 is 0 Å². The second kappa shape index (κ2) is 7.39. The topological polar surface area (TPSA) is 68.8 Å². The number of piperidine rings is 1. The number of rotatable bonds is 4. The lowest BCUT2D eigenvalue weighted by atomic mass is 10.0. The molecule has 2 unspecified atom stereocenters. The third kappa shape index (κ3) is 3.11. The van der Waals surface area contributed by atoms with E-state index in [1.54, 1.807) is 6.92 Å². The van der Waals surface area contributed by atoms with E-state index in [2.05, 4.69) is 22.1 Å². The molecule has 7 nitrogen and oxygen atoms in total. The average molecular weight is 483 g/mol. The van der Waals surface area contributed by atoms with Crippen molar-refractivity contribution in [3.63, 3.8) is 0 Å². The monoisotopic (exact) mass is 482 g/mol. The van der Waals surface area contributed by atoms with Gasteiger partial charge < -0.3 is 4.90 Å². The Labute approximate surface area is 206 Å². The predicted molar refractivity (Wildman–Crippen MR) is 137 cm³/mol. The van der Waals surface area contributed by atoms with E-state index in [9.17, 15) is 4.79 Å². The average Bonchev–Trinajstić information content (AvgIpc) is 3.18. The van der Waals surface area contributed by atoms with Crippen LogP contribution in [0.5, 0.6) is 0 Å². The Hall–Kier alpha value is -3.71. The summed E-state index contributed by atoms with van der Waals surface area (Å²) in [5.74, 6) is 2.49. The van der Waals surface area contributed by atoms with Crippen molar-refractivity contribution in [2.75, 3.05) is 18.0 Å². The number of nitrogens with zero attached hydrogens (tertiary/aromatic N) is 6. The van der Waals surface area contributed by atoms with Gasteiger partial charge in [-0.3, -0.25) is 9.48 Å². The number of hydrogen-bond acceptors (Lipinski definition) is 5. The lowest BCUT2D eigenvalue weighted by Gasteiger charge is -2.20. The van der Waals surface area contributed by atoms with Crippen LogP contribution < -0.4 is 4.90 Å². The summed E-state index contributed by atoms with van der Waals surface area (Å²) in [5.41, 5.74) is 4.51. The zero-order valence-corrected chi connectivity index (χ0v) is 20.1. The normalized spacial score (nSPS) is 21.1. The zero-order chi connectivity index (χ0) is 23.8. The number of carbonyl (C=O) groups excluding carboxylic acids is 1. The molecule has 4 heterocycles. The SMILES string of the molecule is CC(=O)C1C2CN(c3ccc(-n4nc(-c5cccc6nn(C)cc56)c5cccc(Cl)c54)cn3)CC21. The highest BCUT2D eigenvalue weighted by molar-refractivity contribution is 6.35. The van der Waals surface area contributed by atoms with Crippen LogP contribution in [0, 0.1) is 17.8 Å². The van der Waals surface area contributed by atoms with Gasteiger partial charge in [0, 0.05) is 48.6 Å². The molecule has 1 aliphatic carbocycles. The van der Waals surface area contributed by atoms with E-state index in [1.807, 2.05) is 65.2 Å². The number of carbonyl (C=O) groups is 1. The molecule has 1 saturated carbocycles. The number of aryl methyl sites for hydroxylation is 1. The Morgan fingerprint density at radius 3 is 2.54 bits per heavy atom. The van der Waals surface area contributed by atoms with Gasteiger partial charge in [-0.1, -0.05) is 35.9 Å². The molecule has 5 aromatic rings. The Kier molecular flexibility index (Phi) is 4.36. The lowest BCUT2D eigenvalue weighted by Crippen LogP contribution is -2.26. The summed E-state index contributed by atoms with van der Waals surface area (Å²) in [4.78, 5) is 18.8. The van der Waals surface area contributed by atoms with Gasteiger partial charge in [0.15, 0.2) is 0 Å². The molecule has 2 aliphatic rings. The second-order valence-corrected chi connectivity index (χ2v) is 10.1. The van der Waals surface area contributed by atoms with Crippen LogP contribution in [0.25, 0.3) is 38.8 Å². The summed E-state index contributed by atoms with van der Waals surface area (Å²) in [6.45, 7) is 3.51. The van der Waals surface area contributed by atoms with Crippen LogP contribution in [-0.2, 0) is 11.8 Å². The minimum absolute atomic E-state index is 0.255. The van der Waals surface area contributed by atoms with Crippen LogP contribution in [0.15, 0.2) is 60.9 Å². The lowest BCUT2D eigenvalue weighted by molar-refractivity contribution is -0.118. The number of Topliss-reactive ketones (excluding diaryl/α,β-unsaturated/α-hetero) is 1. The smallest absolute Gasteiger partial charge is 0.133 e. The molecular formula is C27H23ClN6O. The molecule has 3 aromatic heterocycles. The molecule has 0 bridgehead atoms. The molecule has 0 amide bonds. The van der Waals surface area contributed by atoms with E-state index in [0.717, 1.165) is 57.7 Å². The third-order valence-corrected chi connectivity index (χ3v) is 7.84. The first-order chi connectivity index (χ1) is 17.0. The van der Waals surface area contributed by atoms with Crippen LogP contribution in [-0.4, -0.2) is 43.4 Å². The first-order valence-corrected chi connectivity index (χ1v) is 12.2. The number of para-hydroxylation sites is 1. The minimum Gasteiger partial charge on any atom is -0.356 e. The van der Waals surface area contributed by atoms with Crippen molar-refractivity contribution >= 4 is 45.0 Å². The van der Waals surface area contributed by atoms with Gasteiger partial charge >= 0.3 is 0 Å². The van der Waals surface area contributed by atoms with Crippen LogP contribution in [0.2, 0.25) is 5.02 Å². The fraction of sp³-hybridized carbons (Fsp3) is 0.259. The zero-order valence-electron chi connectivity index (χ0n) is 19.4. The Morgan fingerprint density at radius 2 is 1.80 bits per heavy atom. The largest absolute Gasteiger partial charge is 0.356 e. The van der Waals surface area contributed by atoms with E-state index in [0.29, 0.717) is 22.6 Å². The Morgan fingerprint density at radius 1 is 1.00 bits per heavy atom. The summed E-state index contributed by atoms with van der Waals surface area (Å²) in [5, 5.41) is 12.2.